The first-order valence-electron chi connectivity index (χ1n) is 8.83. The van der Waals surface area contributed by atoms with Gasteiger partial charge in [-0.3, -0.25) is 19.5 Å². The molecule has 6 nitrogen and oxygen atoms in total. The van der Waals surface area contributed by atoms with Crippen LogP contribution in [0, 0.1) is 5.92 Å². The summed E-state index contributed by atoms with van der Waals surface area (Å²) in [6, 6.07) is 16.5. The van der Waals surface area contributed by atoms with E-state index in [-0.39, 0.29) is 36.0 Å². The Kier molecular flexibility index (Phi) is 4.24. The molecule has 4 rings (SSSR count). The second kappa shape index (κ2) is 6.72. The fourth-order valence-electron chi connectivity index (χ4n) is 3.47. The van der Waals surface area contributed by atoms with Crippen LogP contribution in [-0.4, -0.2) is 22.2 Å². The number of nitrogens with zero attached hydrogens (tertiary/aromatic N) is 1. The largest absolute Gasteiger partial charge is 0.353 e. The molecule has 2 aromatic carbocycles. The number of amides is 1. The molecule has 0 aliphatic heterocycles. The number of rotatable bonds is 5. The molecule has 1 atom stereocenters. The Hall–Kier alpha value is -3.41. The average molecular weight is 361 g/mol. The number of fused-ring (bicyclic) bond motifs is 1. The zero-order chi connectivity index (χ0) is 19.0. The smallest absolute Gasteiger partial charge is 0.273 e. The molecule has 0 saturated carbocycles. The van der Waals surface area contributed by atoms with Gasteiger partial charge in [0.05, 0.1) is 23.2 Å². The molecule has 0 spiro atoms. The lowest BCUT2D eigenvalue weighted by Crippen LogP contribution is -2.36. The van der Waals surface area contributed by atoms with Crippen molar-refractivity contribution in [3.05, 3.63) is 86.4 Å². The lowest BCUT2D eigenvalue weighted by molar-refractivity contribution is -0.121. The fourth-order valence-corrected chi connectivity index (χ4v) is 3.47. The van der Waals surface area contributed by atoms with E-state index in [0.29, 0.717) is 10.8 Å². The van der Waals surface area contributed by atoms with Gasteiger partial charge in [-0.15, -0.1) is 0 Å². The maximum atomic E-state index is 12.5. The molecule has 2 N–H and O–H groups in total. The summed E-state index contributed by atoms with van der Waals surface area (Å²) in [5.41, 5.74) is 2.59. The highest BCUT2D eigenvalue weighted by Gasteiger charge is 2.39. The highest BCUT2D eigenvalue weighted by molar-refractivity contribution is 6.05. The summed E-state index contributed by atoms with van der Waals surface area (Å²) in [5, 5.41) is 6.17. The molecule has 0 saturated heterocycles. The topological polar surface area (TPSA) is 84.0 Å². The molecule has 136 valence electrons. The van der Waals surface area contributed by atoms with Gasteiger partial charge in [0, 0.05) is 6.54 Å². The summed E-state index contributed by atoms with van der Waals surface area (Å²) >= 11 is 0. The number of carbonyl (C=O) groups is 1. The van der Waals surface area contributed by atoms with Gasteiger partial charge in [0.15, 0.2) is 0 Å². The lowest BCUT2D eigenvalue weighted by atomic mass is 10.1. The van der Waals surface area contributed by atoms with Gasteiger partial charge in [0.1, 0.15) is 0 Å². The molecular weight excluding hydrogens is 342 g/mol. The normalized spacial score (nSPS) is 15.8. The molecule has 6 heteroatoms. The van der Waals surface area contributed by atoms with Crippen molar-refractivity contribution in [1.29, 1.82) is 0 Å². The maximum Gasteiger partial charge on any atom is 0.273 e. The second-order valence-corrected chi connectivity index (χ2v) is 6.63. The standard InChI is InChI=1S/C21H19N3O3/c1-13-17(14-7-3-2-4-8-14)18(13)20(26)22-11-12-24-21(27)16-10-6-5-9-15(16)19(25)23-24/h2-10,18H,11-12H2,1H3,(H,22,26)(H,23,25)/t18-/m1/s1. The van der Waals surface area contributed by atoms with E-state index in [2.05, 4.69) is 10.4 Å². The van der Waals surface area contributed by atoms with Gasteiger partial charge >= 0.3 is 0 Å². The molecule has 27 heavy (non-hydrogen) atoms. The number of carbonyl (C=O) groups excluding carboxylic acids is 1. The van der Waals surface area contributed by atoms with E-state index in [1.165, 1.54) is 4.68 Å². The van der Waals surface area contributed by atoms with Gasteiger partial charge in [0.25, 0.3) is 11.1 Å². The van der Waals surface area contributed by atoms with Gasteiger partial charge in [-0.25, -0.2) is 4.68 Å². The van der Waals surface area contributed by atoms with E-state index in [1.54, 1.807) is 24.3 Å². The number of aromatic nitrogens is 2. The Bertz CT molecular complexity index is 1170. The first kappa shape index (κ1) is 17.0. The fraction of sp³-hybridized carbons (Fsp3) is 0.190. The van der Waals surface area contributed by atoms with Gasteiger partial charge in [-0.05, 0) is 30.2 Å². The zero-order valence-electron chi connectivity index (χ0n) is 14.9. The SMILES string of the molecule is CC1=C(c2ccccc2)[C@@H]1C(=O)NCCn1[nH]c(=O)c2ccccc2c1=O. The summed E-state index contributed by atoms with van der Waals surface area (Å²) in [6.45, 7) is 2.42. The predicted molar refractivity (Wildman–Crippen MR) is 104 cm³/mol. The van der Waals surface area contributed by atoms with E-state index in [1.807, 2.05) is 37.3 Å². The van der Waals surface area contributed by atoms with Crippen molar-refractivity contribution in [2.75, 3.05) is 6.54 Å². The highest BCUT2D eigenvalue weighted by Crippen LogP contribution is 2.46. The molecule has 0 radical (unpaired) electrons. The molecule has 0 fully saturated rings. The van der Waals surface area contributed by atoms with E-state index in [0.717, 1.165) is 16.7 Å². The number of H-pyrrole nitrogens is 1. The van der Waals surface area contributed by atoms with E-state index in [9.17, 15) is 14.4 Å². The lowest BCUT2D eigenvalue weighted by Gasteiger charge is -2.09. The number of hydrogen-bond donors (Lipinski definition) is 2. The van der Waals surface area contributed by atoms with Crippen molar-refractivity contribution >= 4 is 22.3 Å². The molecule has 0 bridgehead atoms. The first-order chi connectivity index (χ1) is 13.1. The van der Waals surface area contributed by atoms with Crippen LogP contribution in [0.1, 0.15) is 12.5 Å². The van der Waals surface area contributed by atoms with Gasteiger partial charge in [-0.2, -0.15) is 0 Å². The summed E-state index contributed by atoms with van der Waals surface area (Å²) in [7, 11) is 0. The Morgan fingerprint density at radius 1 is 1.04 bits per heavy atom. The van der Waals surface area contributed by atoms with Crippen LogP contribution in [0.15, 0.2) is 69.8 Å². The molecule has 1 aliphatic carbocycles. The minimum absolute atomic E-state index is 0.0810. The summed E-state index contributed by atoms with van der Waals surface area (Å²) in [5.74, 6) is -0.290. The van der Waals surface area contributed by atoms with Crippen molar-refractivity contribution in [2.45, 2.75) is 13.5 Å². The molecule has 1 aromatic heterocycles. The Labute approximate surface area is 155 Å². The van der Waals surface area contributed by atoms with Crippen molar-refractivity contribution in [3.8, 4) is 0 Å². The summed E-state index contributed by atoms with van der Waals surface area (Å²) in [6.07, 6.45) is 0. The van der Waals surface area contributed by atoms with Crippen LogP contribution in [0.4, 0.5) is 0 Å². The number of benzene rings is 2. The summed E-state index contributed by atoms with van der Waals surface area (Å²) in [4.78, 5) is 37.0. The third-order valence-corrected chi connectivity index (χ3v) is 4.93. The average Bonchev–Trinajstić information content (AvgIpc) is 3.37. The molecular formula is C21H19N3O3. The second-order valence-electron chi connectivity index (χ2n) is 6.63. The molecule has 1 aliphatic rings. The van der Waals surface area contributed by atoms with Crippen molar-refractivity contribution < 1.29 is 4.79 Å². The predicted octanol–water partition coefficient (Wildman–Crippen LogP) is 1.91. The zero-order valence-corrected chi connectivity index (χ0v) is 14.9. The van der Waals surface area contributed by atoms with Gasteiger partial charge < -0.3 is 5.32 Å². The van der Waals surface area contributed by atoms with E-state index < -0.39 is 0 Å². The third-order valence-electron chi connectivity index (χ3n) is 4.93. The Balaban J connectivity index is 1.42. The monoisotopic (exact) mass is 361 g/mol. The molecule has 1 heterocycles. The minimum Gasteiger partial charge on any atom is -0.353 e. The van der Waals surface area contributed by atoms with Crippen LogP contribution in [0.2, 0.25) is 0 Å². The maximum absolute atomic E-state index is 12.5. The number of hydrogen-bond acceptors (Lipinski definition) is 3. The number of nitrogens with one attached hydrogen (secondary N) is 2. The van der Waals surface area contributed by atoms with Crippen molar-refractivity contribution in [3.63, 3.8) is 0 Å². The molecule has 3 aromatic rings. The van der Waals surface area contributed by atoms with E-state index >= 15 is 0 Å². The first-order valence-corrected chi connectivity index (χ1v) is 8.83. The Morgan fingerprint density at radius 2 is 1.70 bits per heavy atom. The highest BCUT2D eigenvalue weighted by atomic mass is 16.2. The van der Waals surface area contributed by atoms with Crippen LogP contribution >= 0.6 is 0 Å². The van der Waals surface area contributed by atoms with Crippen molar-refractivity contribution in [1.82, 2.24) is 15.1 Å². The molecule has 1 amide bonds. The Morgan fingerprint density at radius 3 is 2.44 bits per heavy atom. The molecule has 0 unspecified atom stereocenters. The van der Waals surface area contributed by atoms with Crippen LogP contribution in [0.5, 0.6) is 0 Å². The quantitative estimate of drug-likeness (QED) is 0.728. The number of aromatic amines is 1. The minimum atomic E-state index is -0.317. The summed E-state index contributed by atoms with van der Waals surface area (Å²) < 4.78 is 1.25. The van der Waals surface area contributed by atoms with E-state index in [4.69, 9.17) is 0 Å². The van der Waals surface area contributed by atoms with Gasteiger partial charge in [-0.1, -0.05) is 48.0 Å². The van der Waals surface area contributed by atoms with Crippen LogP contribution < -0.4 is 16.4 Å². The van der Waals surface area contributed by atoms with Crippen molar-refractivity contribution in [2.24, 2.45) is 5.92 Å². The third kappa shape index (κ3) is 3.10. The van der Waals surface area contributed by atoms with Crippen LogP contribution in [0.3, 0.4) is 0 Å². The van der Waals surface area contributed by atoms with Crippen LogP contribution in [-0.2, 0) is 11.3 Å². The van der Waals surface area contributed by atoms with Gasteiger partial charge in [0.2, 0.25) is 5.91 Å². The van der Waals surface area contributed by atoms with Crippen LogP contribution in [0.25, 0.3) is 16.3 Å².